The summed E-state index contributed by atoms with van der Waals surface area (Å²) in [6, 6.07) is 2.71. The Hall–Kier alpha value is -2.67. The maximum absolute atomic E-state index is 12.2. The Bertz CT molecular complexity index is 924. The summed E-state index contributed by atoms with van der Waals surface area (Å²) in [7, 11) is 0. The molecule has 3 rings (SSSR count). The Morgan fingerprint density at radius 2 is 2.04 bits per heavy atom. The molecule has 0 aromatic carbocycles. The number of aromatic hydroxyl groups is 1. The highest BCUT2D eigenvalue weighted by atomic mass is 16.4. The smallest absolute Gasteiger partial charge is 0.341 e. The van der Waals surface area contributed by atoms with Gasteiger partial charge in [-0.3, -0.25) is 4.79 Å². The molecule has 3 N–H and O–H groups in total. The van der Waals surface area contributed by atoms with Crippen LogP contribution in [0.15, 0.2) is 23.1 Å². The molecular weight excluding hydrogens is 324 g/mol. The van der Waals surface area contributed by atoms with Crippen LogP contribution < -0.4 is 5.43 Å². The third kappa shape index (κ3) is 2.80. The number of nitrogens with zero attached hydrogens (tertiary/aromatic N) is 2. The lowest BCUT2D eigenvalue weighted by molar-refractivity contribution is 0.0693. The van der Waals surface area contributed by atoms with E-state index in [2.05, 4.69) is 4.98 Å². The Labute approximate surface area is 144 Å². The van der Waals surface area contributed by atoms with E-state index >= 15 is 0 Å². The number of hydrogen-bond donors (Lipinski definition) is 3. The average Bonchev–Trinajstić information content (AvgIpc) is 2.51. The quantitative estimate of drug-likeness (QED) is 0.767. The highest BCUT2D eigenvalue weighted by Gasteiger charge is 2.34. The number of aliphatic hydroxyl groups excluding tert-OH is 1. The molecule has 0 amide bonds. The van der Waals surface area contributed by atoms with E-state index in [1.54, 1.807) is 10.6 Å². The zero-order valence-corrected chi connectivity index (χ0v) is 14.3. The molecule has 3 heterocycles. The molecule has 0 saturated carbocycles. The summed E-state index contributed by atoms with van der Waals surface area (Å²) in [5.41, 5.74) is 0.749. The summed E-state index contributed by atoms with van der Waals surface area (Å²) in [6.45, 7) is 5.65. The van der Waals surface area contributed by atoms with Crippen LogP contribution in [0.25, 0.3) is 11.4 Å². The minimum Gasteiger partial charge on any atom is -0.506 e. The van der Waals surface area contributed by atoms with Crippen LogP contribution in [-0.2, 0) is 13.0 Å². The van der Waals surface area contributed by atoms with E-state index in [4.69, 9.17) is 0 Å². The van der Waals surface area contributed by atoms with Crippen molar-refractivity contribution in [3.8, 4) is 17.1 Å². The topological polar surface area (TPSA) is 113 Å². The van der Waals surface area contributed by atoms with Crippen LogP contribution in [0.4, 0.5) is 0 Å². The van der Waals surface area contributed by atoms with Gasteiger partial charge in [-0.15, -0.1) is 0 Å². The van der Waals surface area contributed by atoms with Gasteiger partial charge in [0.15, 0.2) is 5.43 Å². The zero-order valence-electron chi connectivity index (χ0n) is 14.3. The predicted octanol–water partition coefficient (Wildman–Crippen LogP) is 1.95. The first-order valence-electron chi connectivity index (χ1n) is 7.96. The molecule has 1 aliphatic rings. The number of aromatic carboxylic acids is 1. The van der Waals surface area contributed by atoms with Crippen molar-refractivity contribution in [2.45, 2.75) is 39.8 Å². The lowest BCUT2D eigenvalue weighted by Gasteiger charge is -2.38. The molecule has 0 spiro atoms. The molecule has 0 radical (unpaired) electrons. The number of aromatic nitrogens is 2. The average molecular weight is 344 g/mol. The van der Waals surface area contributed by atoms with E-state index in [0.29, 0.717) is 17.8 Å². The Morgan fingerprint density at radius 1 is 1.36 bits per heavy atom. The second kappa shape index (κ2) is 5.70. The maximum atomic E-state index is 12.2. The van der Waals surface area contributed by atoms with Crippen molar-refractivity contribution in [3.63, 3.8) is 0 Å². The molecular formula is C18H20N2O5. The van der Waals surface area contributed by atoms with Gasteiger partial charge in [-0.2, -0.15) is 0 Å². The number of carbonyl (C=O) groups is 1. The van der Waals surface area contributed by atoms with E-state index in [0.717, 1.165) is 5.56 Å². The van der Waals surface area contributed by atoms with E-state index in [-0.39, 0.29) is 28.5 Å². The van der Waals surface area contributed by atoms with E-state index in [1.807, 2.05) is 20.8 Å². The fraction of sp³-hybridized carbons (Fsp3) is 0.389. The molecule has 7 nitrogen and oxygen atoms in total. The first kappa shape index (κ1) is 17.2. The molecule has 132 valence electrons. The van der Waals surface area contributed by atoms with Crippen molar-refractivity contribution >= 4 is 5.97 Å². The van der Waals surface area contributed by atoms with Gasteiger partial charge in [0.2, 0.25) is 0 Å². The van der Waals surface area contributed by atoms with Crippen LogP contribution in [0.1, 0.15) is 48.4 Å². The van der Waals surface area contributed by atoms with E-state index in [1.165, 1.54) is 12.3 Å². The summed E-state index contributed by atoms with van der Waals surface area (Å²) < 4.78 is 1.78. The first-order valence-corrected chi connectivity index (χ1v) is 7.96. The number of carboxylic acids is 1. The van der Waals surface area contributed by atoms with Gasteiger partial charge in [0.1, 0.15) is 17.0 Å². The van der Waals surface area contributed by atoms with Gasteiger partial charge in [-0.05, 0) is 23.5 Å². The van der Waals surface area contributed by atoms with Crippen LogP contribution in [-0.4, -0.2) is 30.8 Å². The zero-order chi connectivity index (χ0) is 18.5. The fourth-order valence-corrected chi connectivity index (χ4v) is 3.26. The maximum Gasteiger partial charge on any atom is 0.341 e. The molecule has 0 bridgehead atoms. The number of rotatable bonds is 2. The van der Waals surface area contributed by atoms with Crippen LogP contribution >= 0.6 is 0 Å². The van der Waals surface area contributed by atoms with Gasteiger partial charge in [0.25, 0.3) is 0 Å². The van der Waals surface area contributed by atoms with Gasteiger partial charge in [0, 0.05) is 18.3 Å². The normalized spacial score (nSPS) is 16.2. The first-order chi connectivity index (χ1) is 11.6. The molecule has 0 aliphatic carbocycles. The number of pyridine rings is 2. The Kier molecular flexibility index (Phi) is 3.91. The van der Waals surface area contributed by atoms with Gasteiger partial charge >= 0.3 is 5.97 Å². The number of hydrogen-bond acceptors (Lipinski definition) is 5. The molecule has 0 fully saturated rings. The molecule has 1 atom stereocenters. The highest BCUT2D eigenvalue weighted by molar-refractivity contribution is 5.87. The van der Waals surface area contributed by atoms with Gasteiger partial charge in [0.05, 0.1) is 18.0 Å². The number of carboxylic acid groups (broad SMARTS) is 1. The fourth-order valence-electron chi connectivity index (χ4n) is 3.26. The molecule has 2 aromatic rings. The van der Waals surface area contributed by atoms with Gasteiger partial charge in [-0.1, -0.05) is 20.8 Å². The second-order valence-corrected chi connectivity index (χ2v) is 7.36. The summed E-state index contributed by atoms with van der Waals surface area (Å²) in [5.74, 6) is -1.36. The molecule has 0 saturated heterocycles. The number of fused-ring (bicyclic) bond motifs is 3. The van der Waals surface area contributed by atoms with Crippen molar-refractivity contribution < 1.29 is 20.1 Å². The summed E-state index contributed by atoms with van der Waals surface area (Å²) in [5, 5.41) is 28.6. The van der Waals surface area contributed by atoms with E-state index in [9.17, 15) is 24.9 Å². The van der Waals surface area contributed by atoms with Gasteiger partial charge < -0.3 is 19.9 Å². The van der Waals surface area contributed by atoms with Crippen LogP contribution in [0.3, 0.4) is 0 Å². The van der Waals surface area contributed by atoms with E-state index < -0.39 is 18.0 Å². The third-order valence-corrected chi connectivity index (χ3v) is 4.61. The molecule has 0 unspecified atom stereocenters. The Balaban J connectivity index is 2.35. The standard InChI is InChI=1S/C18H20N2O5/c1-18(2,3)15-5-9-4-14(23)11(8-21)19-16(9)12-6-13(22)10(17(24)25)7-20(12)15/h4,6-7,15,21,23H,5,8H2,1-3H3,(H,24,25)/t15-/m0/s1. The monoisotopic (exact) mass is 344 g/mol. The second-order valence-electron chi connectivity index (χ2n) is 7.36. The van der Waals surface area contributed by atoms with Gasteiger partial charge in [-0.25, -0.2) is 9.78 Å². The number of aliphatic hydroxyl groups is 1. The lowest BCUT2D eigenvalue weighted by atomic mass is 9.79. The highest BCUT2D eigenvalue weighted by Crippen LogP contribution is 2.42. The minimum atomic E-state index is -1.27. The molecule has 1 aliphatic heterocycles. The summed E-state index contributed by atoms with van der Waals surface area (Å²) in [6.07, 6.45) is 1.89. The van der Waals surface area contributed by atoms with Crippen molar-refractivity contribution in [1.29, 1.82) is 0 Å². The minimum absolute atomic E-state index is 0.0909. The third-order valence-electron chi connectivity index (χ3n) is 4.61. The van der Waals surface area contributed by atoms with Crippen LogP contribution in [0, 0.1) is 5.41 Å². The van der Waals surface area contributed by atoms with Crippen molar-refractivity contribution in [2.75, 3.05) is 0 Å². The SMILES string of the molecule is CC(C)(C)[C@@H]1Cc2cc(O)c(CO)nc2-c2cc(=O)c(C(=O)O)cn21. The van der Waals surface area contributed by atoms with Crippen LogP contribution in [0.5, 0.6) is 5.75 Å². The Morgan fingerprint density at radius 3 is 2.60 bits per heavy atom. The predicted molar refractivity (Wildman–Crippen MR) is 90.7 cm³/mol. The van der Waals surface area contributed by atoms with Crippen molar-refractivity contribution in [3.05, 3.63) is 45.4 Å². The van der Waals surface area contributed by atoms with Crippen LogP contribution in [0.2, 0.25) is 0 Å². The lowest BCUT2D eigenvalue weighted by Crippen LogP contribution is -2.33. The molecule has 25 heavy (non-hydrogen) atoms. The molecule has 2 aromatic heterocycles. The van der Waals surface area contributed by atoms with Crippen molar-refractivity contribution in [1.82, 2.24) is 9.55 Å². The largest absolute Gasteiger partial charge is 0.506 e. The summed E-state index contributed by atoms with van der Waals surface area (Å²) >= 11 is 0. The summed E-state index contributed by atoms with van der Waals surface area (Å²) in [4.78, 5) is 27.9. The van der Waals surface area contributed by atoms with Crippen molar-refractivity contribution in [2.24, 2.45) is 5.41 Å². The molecule has 7 heteroatoms.